The van der Waals surface area contributed by atoms with Gasteiger partial charge in [0.25, 0.3) is 5.91 Å². The molecule has 0 spiro atoms. The van der Waals surface area contributed by atoms with Gasteiger partial charge in [0, 0.05) is 18.2 Å². The van der Waals surface area contributed by atoms with Crippen molar-refractivity contribution in [2.24, 2.45) is 0 Å². The molecule has 3 rings (SSSR count). The van der Waals surface area contributed by atoms with Crippen LogP contribution in [0.4, 0.5) is 5.69 Å². The van der Waals surface area contributed by atoms with E-state index in [1.54, 1.807) is 24.3 Å². The molecule has 2 aromatic carbocycles. The number of carbonyl (C=O) groups is 1. The van der Waals surface area contributed by atoms with Crippen molar-refractivity contribution in [2.75, 3.05) is 11.9 Å². The van der Waals surface area contributed by atoms with E-state index in [0.717, 1.165) is 24.8 Å². The zero-order valence-electron chi connectivity index (χ0n) is 15.4. The molecule has 144 valence electrons. The van der Waals surface area contributed by atoms with E-state index >= 15 is 0 Å². The number of hydrogen-bond acceptors (Lipinski definition) is 3. The van der Waals surface area contributed by atoms with Crippen LogP contribution in [-0.4, -0.2) is 31.2 Å². The zero-order chi connectivity index (χ0) is 19.6. The van der Waals surface area contributed by atoms with Gasteiger partial charge in [-0.05, 0) is 62.6 Å². The van der Waals surface area contributed by atoms with Crippen molar-refractivity contribution in [1.82, 2.24) is 4.31 Å². The average Bonchev–Trinajstić information content (AvgIpc) is 2.64. The second-order valence-electron chi connectivity index (χ2n) is 6.93. The van der Waals surface area contributed by atoms with Crippen molar-refractivity contribution in [1.29, 1.82) is 0 Å². The minimum Gasteiger partial charge on any atom is -0.321 e. The first-order valence-electron chi connectivity index (χ1n) is 8.98. The first-order chi connectivity index (χ1) is 12.8. The molecule has 7 heteroatoms. The van der Waals surface area contributed by atoms with Crippen molar-refractivity contribution >= 4 is 33.2 Å². The number of benzene rings is 2. The summed E-state index contributed by atoms with van der Waals surface area (Å²) in [6.07, 6.45) is 2.74. The molecule has 1 fully saturated rings. The maximum absolute atomic E-state index is 13.0. The number of aryl methyl sites for hydroxylation is 1. The molecule has 1 aliphatic heterocycles. The van der Waals surface area contributed by atoms with Gasteiger partial charge >= 0.3 is 0 Å². The predicted octanol–water partition coefficient (Wildman–Crippen LogP) is 4.46. The van der Waals surface area contributed by atoms with E-state index in [-0.39, 0.29) is 16.5 Å². The molecule has 1 atom stereocenters. The highest BCUT2D eigenvalue weighted by Crippen LogP contribution is 2.27. The van der Waals surface area contributed by atoms with E-state index in [2.05, 4.69) is 5.32 Å². The van der Waals surface area contributed by atoms with Gasteiger partial charge < -0.3 is 5.32 Å². The molecule has 1 unspecified atom stereocenters. The van der Waals surface area contributed by atoms with Crippen molar-refractivity contribution in [3.8, 4) is 0 Å². The van der Waals surface area contributed by atoms with Gasteiger partial charge in [-0.2, -0.15) is 4.31 Å². The molecule has 0 radical (unpaired) electrons. The van der Waals surface area contributed by atoms with Gasteiger partial charge in [0.1, 0.15) is 0 Å². The summed E-state index contributed by atoms with van der Waals surface area (Å²) in [5.41, 5.74) is 1.75. The van der Waals surface area contributed by atoms with Crippen LogP contribution in [0.1, 0.15) is 42.1 Å². The molecule has 5 nitrogen and oxygen atoms in total. The Hall–Kier alpha value is -1.89. The van der Waals surface area contributed by atoms with Gasteiger partial charge in [0.2, 0.25) is 10.0 Å². The van der Waals surface area contributed by atoms with Crippen LogP contribution in [0.2, 0.25) is 5.02 Å². The third-order valence-corrected chi connectivity index (χ3v) is 7.14. The number of rotatable bonds is 4. The van der Waals surface area contributed by atoms with Crippen LogP contribution in [0, 0.1) is 6.92 Å². The van der Waals surface area contributed by atoms with Crippen molar-refractivity contribution in [2.45, 2.75) is 44.0 Å². The predicted molar refractivity (Wildman–Crippen MR) is 108 cm³/mol. The summed E-state index contributed by atoms with van der Waals surface area (Å²) >= 11 is 6.17. The Labute approximate surface area is 165 Å². The topological polar surface area (TPSA) is 66.5 Å². The van der Waals surface area contributed by atoms with E-state index in [1.165, 1.54) is 16.4 Å². The van der Waals surface area contributed by atoms with Gasteiger partial charge in [-0.15, -0.1) is 0 Å². The summed E-state index contributed by atoms with van der Waals surface area (Å²) in [6, 6.07) is 11.4. The molecule has 1 N–H and O–H groups in total. The zero-order valence-corrected chi connectivity index (χ0v) is 17.0. The minimum atomic E-state index is -3.63. The summed E-state index contributed by atoms with van der Waals surface area (Å²) in [6.45, 7) is 4.35. The average molecular weight is 407 g/mol. The van der Waals surface area contributed by atoms with Crippen LogP contribution in [0.5, 0.6) is 0 Å². The van der Waals surface area contributed by atoms with E-state index in [0.29, 0.717) is 17.3 Å². The van der Waals surface area contributed by atoms with Crippen LogP contribution in [0.3, 0.4) is 0 Å². The van der Waals surface area contributed by atoms with Crippen LogP contribution >= 0.6 is 11.6 Å². The Morgan fingerprint density at radius 3 is 2.67 bits per heavy atom. The SMILES string of the molecule is Cc1ccc(NC(=O)c2cccc(S(=O)(=O)N3CCCCC3C)c2)c(Cl)c1. The van der Waals surface area contributed by atoms with Crippen LogP contribution in [-0.2, 0) is 10.0 Å². The maximum Gasteiger partial charge on any atom is 0.255 e. The Kier molecular flexibility index (Phi) is 5.89. The second kappa shape index (κ2) is 8.00. The largest absolute Gasteiger partial charge is 0.321 e. The standard InChI is InChI=1S/C20H23ClN2O3S/c1-14-9-10-19(18(21)12-14)22-20(24)16-7-5-8-17(13-16)27(25,26)23-11-4-3-6-15(23)2/h5,7-10,12-13,15H,3-4,6,11H2,1-2H3,(H,22,24). The molecule has 0 saturated carbocycles. The Morgan fingerprint density at radius 2 is 1.96 bits per heavy atom. The number of hydrogen-bond donors (Lipinski definition) is 1. The lowest BCUT2D eigenvalue weighted by Gasteiger charge is -2.32. The minimum absolute atomic E-state index is 0.0346. The lowest BCUT2D eigenvalue weighted by Crippen LogP contribution is -2.41. The van der Waals surface area contributed by atoms with Crippen molar-refractivity contribution < 1.29 is 13.2 Å². The van der Waals surface area contributed by atoms with Gasteiger partial charge in [-0.1, -0.05) is 30.2 Å². The summed E-state index contributed by atoms with van der Waals surface area (Å²) in [4.78, 5) is 12.7. The number of piperidine rings is 1. The molecule has 0 aliphatic carbocycles. The third-order valence-electron chi connectivity index (χ3n) is 4.82. The van der Waals surface area contributed by atoms with Crippen LogP contribution in [0.25, 0.3) is 0 Å². The first kappa shape index (κ1) is 19.9. The molecule has 2 aromatic rings. The quantitative estimate of drug-likeness (QED) is 0.814. The molecule has 1 aliphatic rings. The molecule has 1 saturated heterocycles. The maximum atomic E-state index is 13.0. The number of nitrogens with one attached hydrogen (secondary N) is 1. The number of amides is 1. The number of anilines is 1. The van der Waals surface area contributed by atoms with E-state index in [4.69, 9.17) is 11.6 Å². The normalized spacial score (nSPS) is 18.3. The Morgan fingerprint density at radius 1 is 1.19 bits per heavy atom. The molecule has 0 aromatic heterocycles. The molecule has 1 amide bonds. The van der Waals surface area contributed by atoms with Crippen LogP contribution in [0.15, 0.2) is 47.4 Å². The van der Waals surface area contributed by atoms with Crippen molar-refractivity contribution in [3.63, 3.8) is 0 Å². The third kappa shape index (κ3) is 4.34. The first-order valence-corrected chi connectivity index (χ1v) is 10.8. The summed E-state index contributed by atoms with van der Waals surface area (Å²) in [5.74, 6) is -0.399. The summed E-state index contributed by atoms with van der Waals surface area (Å²) < 4.78 is 27.5. The van der Waals surface area contributed by atoms with Gasteiger partial charge in [0.15, 0.2) is 0 Å². The smallest absolute Gasteiger partial charge is 0.255 e. The molecule has 0 bridgehead atoms. The number of sulfonamides is 1. The highest BCUT2D eigenvalue weighted by Gasteiger charge is 2.31. The number of nitrogens with zero attached hydrogens (tertiary/aromatic N) is 1. The van der Waals surface area contributed by atoms with E-state index in [9.17, 15) is 13.2 Å². The fraction of sp³-hybridized carbons (Fsp3) is 0.350. The van der Waals surface area contributed by atoms with Crippen LogP contribution < -0.4 is 5.32 Å². The highest BCUT2D eigenvalue weighted by atomic mass is 35.5. The fourth-order valence-electron chi connectivity index (χ4n) is 3.28. The fourth-order valence-corrected chi connectivity index (χ4v) is 5.31. The summed E-state index contributed by atoms with van der Waals surface area (Å²) in [5, 5.41) is 3.18. The molecular weight excluding hydrogens is 384 g/mol. The van der Waals surface area contributed by atoms with Gasteiger partial charge in [-0.25, -0.2) is 8.42 Å². The lowest BCUT2D eigenvalue weighted by atomic mass is 10.1. The second-order valence-corrected chi connectivity index (χ2v) is 9.22. The lowest BCUT2D eigenvalue weighted by molar-refractivity contribution is 0.102. The highest BCUT2D eigenvalue weighted by molar-refractivity contribution is 7.89. The Balaban J connectivity index is 1.85. The van der Waals surface area contributed by atoms with E-state index in [1.807, 2.05) is 19.9 Å². The van der Waals surface area contributed by atoms with E-state index < -0.39 is 15.9 Å². The summed E-state index contributed by atoms with van der Waals surface area (Å²) in [7, 11) is -3.63. The Bertz CT molecular complexity index is 959. The number of carbonyl (C=O) groups excluding carboxylic acids is 1. The molecule has 27 heavy (non-hydrogen) atoms. The monoisotopic (exact) mass is 406 g/mol. The van der Waals surface area contributed by atoms with Gasteiger partial charge in [0.05, 0.1) is 15.6 Å². The number of halogens is 1. The van der Waals surface area contributed by atoms with Crippen molar-refractivity contribution in [3.05, 3.63) is 58.6 Å². The molecule has 1 heterocycles. The van der Waals surface area contributed by atoms with Gasteiger partial charge in [-0.3, -0.25) is 4.79 Å². The molecular formula is C20H23ClN2O3S.